The zero-order valence-corrected chi connectivity index (χ0v) is 14.4. The molecule has 2 N–H and O–H groups in total. The number of nitrogens with zero attached hydrogens (tertiary/aromatic N) is 1. The molecule has 0 aliphatic heterocycles. The van der Waals surface area contributed by atoms with Crippen LogP contribution in [0.15, 0.2) is 48.0 Å². The number of carbonyl (C=O) groups excluding carboxylic acids is 2. The van der Waals surface area contributed by atoms with Gasteiger partial charge in [0, 0.05) is 17.1 Å². The minimum Gasteiger partial charge on any atom is -0.451 e. The Balaban J connectivity index is 1.55. The maximum atomic E-state index is 11.9. The summed E-state index contributed by atoms with van der Waals surface area (Å²) in [7, 11) is 0. The van der Waals surface area contributed by atoms with E-state index >= 15 is 0 Å². The van der Waals surface area contributed by atoms with Crippen molar-refractivity contribution in [2.75, 3.05) is 11.9 Å². The average molecular weight is 355 g/mol. The Morgan fingerprint density at radius 1 is 1.24 bits per heavy atom. The third-order valence-electron chi connectivity index (χ3n) is 3.56. The lowest BCUT2D eigenvalue weighted by atomic mass is 10.1. The number of esters is 1. The molecule has 0 spiro atoms. The normalized spacial score (nSPS) is 10.4. The zero-order valence-electron chi connectivity index (χ0n) is 13.6. The van der Waals surface area contributed by atoms with Crippen LogP contribution >= 0.6 is 11.3 Å². The molecule has 0 atom stereocenters. The molecule has 0 unspecified atom stereocenters. The van der Waals surface area contributed by atoms with Crippen LogP contribution < -0.4 is 5.32 Å². The lowest BCUT2D eigenvalue weighted by Gasteiger charge is -2.03. The van der Waals surface area contributed by atoms with E-state index in [0.29, 0.717) is 10.8 Å². The van der Waals surface area contributed by atoms with Crippen LogP contribution in [0.1, 0.15) is 23.0 Å². The molecule has 1 aromatic carbocycles. The largest absolute Gasteiger partial charge is 0.451 e. The number of H-pyrrole nitrogens is 1. The Hall–Kier alpha value is -2.93. The first-order chi connectivity index (χ1) is 12.2. The smallest absolute Gasteiger partial charge is 0.355 e. The zero-order chi connectivity index (χ0) is 17.6. The number of carbonyl (C=O) groups is 2. The SMILES string of the molecule is CCc1ccc(-c2csc(NC(=O)COC(=O)c3ccc[nH]3)n2)cc1. The van der Waals surface area contributed by atoms with E-state index < -0.39 is 11.9 Å². The van der Waals surface area contributed by atoms with Crippen molar-refractivity contribution < 1.29 is 14.3 Å². The highest BCUT2D eigenvalue weighted by Gasteiger charge is 2.12. The molecule has 0 saturated heterocycles. The van der Waals surface area contributed by atoms with Crippen LogP contribution in [0.25, 0.3) is 11.3 Å². The van der Waals surface area contributed by atoms with Crippen molar-refractivity contribution in [2.24, 2.45) is 0 Å². The fraction of sp³-hybridized carbons (Fsp3) is 0.167. The minimum absolute atomic E-state index is 0.305. The summed E-state index contributed by atoms with van der Waals surface area (Å²) < 4.78 is 4.93. The van der Waals surface area contributed by atoms with Crippen LogP contribution in [0, 0.1) is 0 Å². The first-order valence-electron chi connectivity index (χ1n) is 7.81. The van der Waals surface area contributed by atoms with E-state index in [1.807, 2.05) is 17.5 Å². The van der Waals surface area contributed by atoms with Crippen LogP contribution in [0.2, 0.25) is 0 Å². The molecule has 1 amide bonds. The molecule has 0 aliphatic carbocycles. The van der Waals surface area contributed by atoms with Gasteiger partial charge in [0.05, 0.1) is 5.69 Å². The summed E-state index contributed by atoms with van der Waals surface area (Å²) in [5.41, 5.74) is 3.36. The summed E-state index contributed by atoms with van der Waals surface area (Å²) in [4.78, 5) is 30.7. The summed E-state index contributed by atoms with van der Waals surface area (Å²) in [6, 6.07) is 11.4. The Kier molecular flexibility index (Phi) is 5.25. The molecule has 0 fully saturated rings. The Morgan fingerprint density at radius 3 is 2.72 bits per heavy atom. The third kappa shape index (κ3) is 4.33. The summed E-state index contributed by atoms with van der Waals surface area (Å²) in [6.07, 6.45) is 2.60. The summed E-state index contributed by atoms with van der Waals surface area (Å²) in [5, 5.41) is 4.98. The van der Waals surface area contributed by atoms with Gasteiger partial charge in [-0.3, -0.25) is 10.1 Å². The van der Waals surface area contributed by atoms with Gasteiger partial charge in [0.2, 0.25) is 0 Å². The second kappa shape index (κ2) is 7.76. The fourth-order valence-electron chi connectivity index (χ4n) is 2.20. The molecule has 128 valence electrons. The van der Waals surface area contributed by atoms with Crippen molar-refractivity contribution in [1.82, 2.24) is 9.97 Å². The monoisotopic (exact) mass is 355 g/mol. The summed E-state index contributed by atoms with van der Waals surface area (Å²) in [5.74, 6) is -1.00. The number of nitrogens with one attached hydrogen (secondary N) is 2. The first kappa shape index (κ1) is 16.9. The molecule has 0 radical (unpaired) electrons. The molecular weight excluding hydrogens is 338 g/mol. The standard InChI is InChI=1S/C18H17N3O3S/c1-2-12-5-7-13(8-6-12)15-11-25-18(20-15)21-16(22)10-24-17(23)14-4-3-9-19-14/h3-9,11,19H,2,10H2,1H3,(H,20,21,22). The highest BCUT2D eigenvalue weighted by molar-refractivity contribution is 7.14. The van der Waals surface area contributed by atoms with E-state index in [9.17, 15) is 9.59 Å². The minimum atomic E-state index is -0.573. The van der Waals surface area contributed by atoms with Gasteiger partial charge in [-0.2, -0.15) is 0 Å². The Bertz CT molecular complexity index is 854. The molecule has 2 aromatic heterocycles. The van der Waals surface area contributed by atoms with Crippen molar-refractivity contribution in [2.45, 2.75) is 13.3 Å². The van der Waals surface area contributed by atoms with Gasteiger partial charge in [-0.15, -0.1) is 11.3 Å². The van der Waals surface area contributed by atoms with Crippen molar-refractivity contribution in [3.8, 4) is 11.3 Å². The maximum absolute atomic E-state index is 11.9. The number of anilines is 1. The van der Waals surface area contributed by atoms with Crippen LogP contribution in [0.5, 0.6) is 0 Å². The molecule has 2 heterocycles. The van der Waals surface area contributed by atoms with E-state index in [-0.39, 0.29) is 6.61 Å². The van der Waals surface area contributed by atoms with Crippen molar-refractivity contribution in [1.29, 1.82) is 0 Å². The third-order valence-corrected chi connectivity index (χ3v) is 4.32. The van der Waals surface area contributed by atoms with Crippen LogP contribution in [-0.2, 0) is 16.0 Å². The Morgan fingerprint density at radius 2 is 2.04 bits per heavy atom. The predicted molar refractivity (Wildman–Crippen MR) is 96.6 cm³/mol. The van der Waals surface area contributed by atoms with E-state index in [4.69, 9.17) is 4.74 Å². The van der Waals surface area contributed by atoms with Crippen LogP contribution in [0.4, 0.5) is 5.13 Å². The number of thiazole rings is 1. The molecule has 0 saturated carbocycles. The van der Waals surface area contributed by atoms with E-state index in [0.717, 1.165) is 17.7 Å². The topological polar surface area (TPSA) is 84.1 Å². The molecule has 3 aromatic rings. The van der Waals surface area contributed by atoms with E-state index in [2.05, 4.69) is 34.3 Å². The molecule has 6 nitrogen and oxygen atoms in total. The molecule has 3 rings (SSSR count). The van der Waals surface area contributed by atoms with Gasteiger partial charge in [0.1, 0.15) is 5.69 Å². The van der Waals surface area contributed by atoms with Crippen LogP contribution in [-0.4, -0.2) is 28.5 Å². The predicted octanol–water partition coefficient (Wildman–Crippen LogP) is 3.50. The lowest BCUT2D eigenvalue weighted by molar-refractivity contribution is -0.119. The van der Waals surface area contributed by atoms with Gasteiger partial charge >= 0.3 is 5.97 Å². The molecule has 0 bridgehead atoms. The number of rotatable bonds is 6. The van der Waals surface area contributed by atoms with Gasteiger partial charge < -0.3 is 9.72 Å². The van der Waals surface area contributed by atoms with Gasteiger partial charge in [0.25, 0.3) is 5.91 Å². The van der Waals surface area contributed by atoms with Gasteiger partial charge in [-0.25, -0.2) is 9.78 Å². The summed E-state index contributed by atoms with van der Waals surface area (Å²) in [6.45, 7) is 1.74. The number of aromatic amines is 1. The first-order valence-corrected chi connectivity index (χ1v) is 8.69. The van der Waals surface area contributed by atoms with Crippen molar-refractivity contribution in [3.63, 3.8) is 0 Å². The van der Waals surface area contributed by atoms with E-state index in [1.54, 1.807) is 18.3 Å². The number of amides is 1. The number of hydrogen-bond donors (Lipinski definition) is 2. The highest BCUT2D eigenvalue weighted by Crippen LogP contribution is 2.25. The second-order valence-electron chi connectivity index (χ2n) is 5.30. The van der Waals surface area contributed by atoms with Gasteiger partial charge in [0.15, 0.2) is 11.7 Å². The van der Waals surface area contributed by atoms with Crippen molar-refractivity contribution >= 4 is 28.3 Å². The summed E-state index contributed by atoms with van der Waals surface area (Å²) >= 11 is 1.32. The molecular formula is C18H17N3O3S. The number of ether oxygens (including phenoxy) is 1. The lowest BCUT2D eigenvalue weighted by Crippen LogP contribution is -2.20. The molecule has 25 heavy (non-hydrogen) atoms. The van der Waals surface area contributed by atoms with Crippen LogP contribution in [0.3, 0.4) is 0 Å². The molecule has 7 heteroatoms. The maximum Gasteiger partial charge on any atom is 0.355 e. The molecule has 0 aliphatic rings. The van der Waals surface area contributed by atoms with Gasteiger partial charge in [-0.05, 0) is 24.1 Å². The number of aromatic nitrogens is 2. The number of benzene rings is 1. The quantitative estimate of drug-likeness (QED) is 0.663. The second-order valence-corrected chi connectivity index (χ2v) is 6.15. The average Bonchev–Trinajstić information content (AvgIpc) is 3.32. The highest BCUT2D eigenvalue weighted by atomic mass is 32.1. The fourth-order valence-corrected chi connectivity index (χ4v) is 2.93. The van der Waals surface area contributed by atoms with Gasteiger partial charge in [-0.1, -0.05) is 31.2 Å². The van der Waals surface area contributed by atoms with E-state index in [1.165, 1.54) is 16.9 Å². The number of aryl methyl sites for hydroxylation is 1. The number of hydrogen-bond acceptors (Lipinski definition) is 5. The Labute approximate surface area is 148 Å². The van der Waals surface area contributed by atoms with Crippen molar-refractivity contribution in [3.05, 3.63) is 59.2 Å².